The lowest BCUT2D eigenvalue weighted by Gasteiger charge is -2.39. The lowest BCUT2D eigenvalue weighted by Crippen LogP contribution is -2.53. The lowest BCUT2D eigenvalue weighted by atomic mass is 9.79. The van der Waals surface area contributed by atoms with Gasteiger partial charge in [-0.15, -0.1) is 0 Å². The number of allylic oxidation sites excluding steroid dienone is 1. The first kappa shape index (κ1) is 17.0. The third-order valence-electron chi connectivity index (χ3n) is 4.22. The van der Waals surface area contributed by atoms with E-state index in [1.165, 1.54) is 27.0 Å². The average molecular weight is 342 g/mol. The molecule has 0 radical (unpaired) electrons. The van der Waals surface area contributed by atoms with Gasteiger partial charge in [0.15, 0.2) is 5.41 Å². The molecule has 0 bridgehead atoms. The van der Waals surface area contributed by atoms with E-state index >= 15 is 0 Å². The Morgan fingerprint density at radius 2 is 1.72 bits per heavy atom. The van der Waals surface area contributed by atoms with Gasteiger partial charge in [0, 0.05) is 25.8 Å². The van der Waals surface area contributed by atoms with Gasteiger partial charge < -0.3 is 14.2 Å². The van der Waals surface area contributed by atoms with Gasteiger partial charge in [-0.25, -0.2) is 4.79 Å². The monoisotopic (exact) mass is 342 g/mol. The summed E-state index contributed by atoms with van der Waals surface area (Å²) in [6.07, 6.45) is 3.03. The van der Waals surface area contributed by atoms with Crippen LogP contribution in [0.4, 0.5) is 0 Å². The van der Waals surface area contributed by atoms with Crippen molar-refractivity contribution in [3.8, 4) is 0 Å². The van der Waals surface area contributed by atoms with Crippen LogP contribution in [0, 0.1) is 5.41 Å². The molecule has 3 rings (SSSR count). The fraction of sp³-hybridized carbons (Fsp3) is 0.316. The van der Waals surface area contributed by atoms with Crippen LogP contribution in [-0.4, -0.2) is 30.8 Å². The first-order chi connectivity index (χ1) is 11.8. The van der Waals surface area contributed by atoms with Crippen LogP contribution in [0.5, 0.6) is 0 Å². The average Bonchev–Trinajstić information content (AvgIpc) is 2.93. The minimum Gasteiger partial charge on any atom is -0.466 e. The standard InChI is InChI=1S/C19H18O6/c1-18(2)24-16(21)19(17(22)25-18)11-13(15(20)23-3)10-14(19)9-12-7-5-4-6-8-12/h4-10H,11H2,1-3H3/b14-9-. The van der Waals surface area contributed by atoms with Crippen LogP contribution in [0.15, 0.2) is 47.6 Å². The fourth-order valence-electron chi connectivity index (χ4n) is 3.01. The molecule has 130 valence electrons. The van der Waals surface area contributed by atoms with E-state index < -0.39 is 29.1 Å². The van der Waals surface area contributed by atoms with Crippen molar-refractivity contribution in [3.05, 3.63) is 53.1 Å². The Morgan fingerprint density at radius 1 is 1.12 bits per heavy atom. The highest BCUT2D eigenvalue weighted by molar-refractivity contribution is 6.10. The van der Waals surface area contributed by atoms with Crippen molar-refractivity contribution in [2.75, 3.05) is 7.11 Å². The predicted octanol–water partition coefficient (Wildman–Crippen LogP) is 2.40. The largest absolute Gasteiger partial charge is 0.466 e. The minimum atomic E-state index is -1.69. The first-order valence-electron chi connectivity index (χ1n) is 7.81. The van der Waals surface area contributed by atoms with Gasteiger partial charge in [0.1, 0.15) is 0 Å². The van der Waals surface area contributed by atoms with Crippen LogP contribution in [0.25, 0.3) is 6.08 Å². The molecular formula is C19H18O6. The number of hydrogen-bond donors (Lipinski definition) is 0. The molecule has 1 fully saturated rings. The van der Waals surface area contributed by atoms with Crippen LogP contribution in [0.1, 0.15) is 25.8 Å². The van der Waals surface area contributed by atoms with Crippen molar-refractivity contribution in [3.63, 3.8) is 0 Å². The fourth-order valence-corrected chi connectivity index (χ4v) is 3.01. The van der Waals surface area contributed by atoms with Gasteiger partial charge in [-0.2, -0.15) is 0 Å². The molecule has 1 aromatic rings. The summed E-state index contributed by atoms with van der Waals surface area (Å²) in [6, 6.07) is 9.18. The van der Waals surface area contributed by atoms with Gasteiger partial charge in [0.05, 0.1) is 7.11 Å². The SMILES string of the molecule is COC(=O)C1=C/C(=C/c2ccccc2)C2(C1)C(=O)OC(C)(C)OC2=O. The quantitative estimate of drug-likeness (QED) is 0.606. The zero-order chi connectivity index (χ0) is 18.2. The van der Waals surface area contributed by atoms with Crippen molar-refractivity contribution < 1.29 is 28.6 Å². The third kappa shape index (κ3) is 2.84. The number of benzene rings is 1. The summed E-state index contributed by atoms with van der Waals surface area (Å²) >= 11 is 0. The molecule has 0 saturated carbocycles. The van der Waals surface area contributed by atoms with Gasteiger partial charge in [0.25, 0.3) is 5.79 Å². The van der Waals surface area contributed by atoms with Crippen LogP contribution in [0.2, 0.25) is 0 Å². The summed E-state index contributed by atoms with van der Waals surface area (Å²) in [5, 5.41) is 0. The Bertz CT molecular complexity index is 780. The third-order valence-corrected chi connectivity index (χ3v) is 4.22. The smallest absolute Gasteiger partial charge is 0.333 e. The Morgan fingerprint density at radius 3 is 2.28 bits per heavy atom. The van der Waals surface area contributed by atoms with Crippen molar-refractivity contribution in [1.82, 2.24) is 0 Å². The molecule has 0 unspecified atom stereocenters. The van der Waals surface area contributed by atoms with E-state index in [2.05, 4.69) is 0 Å². The Kier molecular flexibility index (Phi) is 3.99. The minimum absolute atomic E-state index is 0.147. The van der Waals surface area contributed by atoms with Gasteiger partial charge in [-0.3, -0.25) is 9.59 Å². The van der Waals surface area contributed by atoms with E-state index in [4.69, 9.17) is 14.2 Å². The Labute approximate surface area is 145 Å². The molecule has 6 nitrogen and oxygen atoms in total. The molecule has 1 saturated heterocycles. The molecule has 0 aromatic heterocycles. The van der Waals surface area contributed by atoms with Crippen LogP contribution >= 0.6 is 0 Å². The highest BCUT2D eigenvalue weighted by atomic mass is 16.7. The van der Waals surface area contributed by atoms with Crippen LogP contribution in [-0.2, 0) is 28.6 Å². The van der Waals surface area contributed by atoms with Crippen molar-refractivity contribution in [2.45, 2.75) is 26.1 Å². The molecular weight excluding hydrogens is 324 g/mol. The molecule has 1 heterocycles. The van der Waals surface area contributed by atoms with Crippen molar-refractivity contribution >= 4 is 24.0 Å². The van der Waals surface area contributed by atoms with E-state index in [1.807, 2.05) is 30.3 Å². The number of carbonyl (C=O) groups excluding carboxylic acids is 3. The molecule has 1 aliphatic carbocycles. The topological polar surface area (TPSA) is 78.9 Å². The van der Waals surface area contributed by atoms with Gasteiger partial charge in [0.2, 0.25) is 0 Å². The Hall–Kier alpha value is -2.89. The van der Waals surface area contributed by atoms with Crippen LogP contribution in [0.3, 0.4) is 0 Å². The Balaban J connectivity index is 2.11. The van der Waals surface area contributed by atoms with Crippen LogP contribution < -0.4 is 0 Å². The maximum absolute atomic E-state index is 12.8. The molecule has 1 aromatic carbocycles. The number of cyclic esters (lactones) is 2. The molecule has 25 heavy (non-hydrogen) atoms. The van der Waals surface area contributed by atoms with E-state index in [0.29, 0.717) is 5.57 Å². The van der Waals surface area contributed by atoms with Gasteiger partial charge in [-0.1, -0.05) is 30.3 Å². The molecule has 1 spiro atoms. The second kappa shape index (κ2) is 5.88. The summed E-state index contributed by atoms with van der Waals surface area (Å²) in [5.74, 6) is -3.40. The van der Waals surface area contributed by atoms with E-state index in [-0.39, 0.29) is 12.0 Å². The first-order valence-corrected chi connectivity index (χ1v) is 7.81. The number of methoxy groups -OCH3 is 1. The molecule has 2 aliphatic rings. The highest BCUT2D eigenvalue weighted by Crippen LogP contribution is 2.49. The highest BCUT2D eigenvalue weighted by Gasteiger charge is 2.61. The number of hydrogen-bond acceptors (Lipinski definition) is 6. The molecule has 0 N–H and O–H groups in total. The molecule has 1 aliphatic heterocycles. The van der Waals surface area contributed by atoms with Gasteiger partial charge in [-0.05, 0) is 23.3 Å². The summed E-state index contributed by atoms with van der Waals surface area (Å²) in [6.45, 7) is 2.97. The zero-order valence-corrected chi connectivity index (χ0v) is 14.2. The molecule has 0 atom stereocenters. The molecule has 6 heteroatoms. The zero-order valence-electron chi connectivity index (χ0n) is 14.2. The van der Waals surface area contributed by atoms with E-state index in [1.54, 1.807) is 6.08 Å². The van der Waals surface area contributed by atoms with E-state index in [9.17, 15) is 14.4 Å². The second-order valence-electron chi connectivity index (χ2n) is 6.43. The maximum atomic E-state index is 12.8. The second-order valence-corrected chi connectivity index (χ2v) is 6.43. The summed E-state index contributed by atoms with van der Waals surface area (Å²) in [7, 11) is 1.25. The number of esters is 3. The number of ether oxygens (including phenoxy) is 3. The van der Waals surface area contributed by atoms with E-state index in [0.717, 1.165) is 5.56 Å². The van der Waals surface area contributed by atoms with Gasteiger partial charge >= 0.3 is 17.9 Å². The summed E-state index contributed by atoms with van der Waals surface area (Å²) in [5.41, 5.74) is -0.331. The molecule has 0 amide bonds. The predicted molar refractivity (Wildman–Crippen MR) is 87.8 cm³/mol. The van der Waals surface area contributed by atoms with Crippen molar-refractivity contribution in [1.29, 1.82) is 0 Å². The lowest BCUT2D eigenvalue weighted by molar-refractivity contribution is -0.246. The number of rotatable bonds is 2. The summed E-state index contributed by atoms with van der Waals surface area (Å²) < 4.78 is 15.3. The normalized spacial score (nSPS) is 22.4. The summed E-state index contributed by atoms with van der Waals surface area (Å²) in [4.78, 5) is 37.5. The maximum Gasteiger partial charge on any atom is 0.333 e. The number of carbonyl (C=O) groups is 3. The van der Waals surface area contributed by atoms with Crippen molar-refractivity contribution in [2.24, 2.45) is 5.41 Å².